The molecule has 0 radical (unpaired) electrons. The molecule has 3 rings (SSSR count). The van der Waals surface area contributed by atoms with Gasteiger partial charge in [-0.05, 0) is 39.8 Å². The molecule has 3 N–H and O–H groups in total. The van der Waals surface area contributed by atoms with Crippen molar-refractivity contribution in [1.82, 2.24) is 15.2 Å². The number of fused-ring (bicyclic) bond motifs is 1. The quantitative estimate of drug-likeness (QED) is 0.593. The Morgan fingerprint density at radius 2 is 2.00 bits per heavy atom. The number of nitrogens with zero attached hydrogens (tertiary/aromatic N) is 2. The minimum Gasteiger partial charge on any atom is -0.490 e. The maximum atomic E-state index is 12.5. The van der Waals surface area contributed by atoms with Crippen LogP contribution in [-0.2, 0) is 14.3 Å². The zero-order chi connectivity index (χ0) is 23.3. The number of amides is 1. The van der Waals surface area contributed by atoms with Crippen molar-refractivity contribution in [2.24, 2.45) is 0 Å². The van der Waals surface area contributed by atoms with Crippen LogP contribution in [-0.4, -0.2) is 73.4 Å². The molecule has 1 amide bonds. The fourth-order valence-electron chi connectivity index (χ4n) is 3.69. The molecule has 174 valence electrons. The number of benzene rings is 1. The van der Waals surface area contributed by atoms with E-state index in [1.807, 2.05) is 26.0 Å². The third-order valence-electron chi connectivity index (χ3n) is 5.21. The lowest BCUT2D eigenvalue weighted by atomic mass is 10.0. The Hall–Kier alpha value is -2.91. The van der Waals surface area contributed by atoms with Crippen LogP contribution < -0.4 is 15.8 Å². The lowest BCUT2D eigenvalue weighted by Gasteiger charge is -2.30. The van der Waals surface area contributed by atoms with E-state index in [4.69, 9.17) is 19.9 Å². The summed E-state index contributed by atoms with van der Waals surface area (Å²) in [7, 11) is 0. The van der Waals surface area contributed by atoms with Crippen LogP contribution in [0, 0.1) is 6.92 Å². The Morgan fingerprint density at radius 1 is 1.28 bits per heavy atom. The van der Waals surface area contributed by atoms with Crippen molar-refractivity contribution >= 4 is 28.5 Å². The van der Waals surface area contributed by atoms with Gasteiger partial charge in [0.1, 0.15) is 17.9 Å². The second-order valence-corrected chi connectivity index (χ2v) is 8.47. The summed E-state index contributed by atoms with van der Waals surface area (Å²) in [6, 6.07) is 5.41. The molecule has 1 aliphatic heterocycles. The third-order valence-corrected chi connectivity index (χ3v) is 5.21. The Balaban J connectivity index is 1.75. The molecule has 0 aliphatic carbocycles. The first-order valence-corrected chi connectivity index (χ1v) is 10.8. The fraction of sp³-hybridized carbons (Fsp3) is 0.522. The van der Waals surface area contributed by atoms with Crippen LogP contribution in [0.4, 0.5) is 5.69 Å². The van der Waals surface area contributed by atoms with Crippen molar-refractivity contribution in [1.29, 1.82) is 0 Å². The Kier molecular flexibility index (Phi) is 7.52. The van der Waals surface area contributed by atoms with E-state index in [2.05, 4.69) is 15.2 Å². The highest BCUT2D eigenvalue weighted by Gasteiger charge is 2.25. The molecule has 9 nitrogen and oxygen atoms in total. The van der Waals surface area contributed by atoms with Gasteiger partial charge in [0, 0.05) is 13.1 Å². The average molecular weight is 445 g/mol. The van der Waals surface area contributed by atoms with Crippen LogP contribution in [0.3, 0.4) is 0 Å². The van der Waals surface area contributed by atoms with Gasteiger partial charge < -0.3 is 25.3 Å². The number of morpholine rings is 1. The first-order chi connectivity index (χ1) is 15.2. The van der Waals surface area contributed by atoms with Gasteiger partial charge in [-0.3, -0.25) is 14.7 Å². The maximum absolute atomic E-state index is 12.5. The van der Waals surface area contributed by atoms with E-state index in [1.165, 1.54) is 0 Å². The van der Waals surface area contributed by atoms with E-state index in [0.29, 0.717) is 42.1 Å². The first-order valence-electron chi connectivity index (χ1n) is 10.8. The van der Waals surface area contributed by atoms with Gasteiger partial charge in [0.05, 0.1) is 54.2 Å². The zero-order valence-corrected chi connectivity index (χ0v) is 19.2. The van der Waals surface area contributed by atoms with Gasteiger partial charge in [0.25, 0.3) is 0 Å². The summed E-state index contributed by atoms with van der Waals surface area (Å²) in [5.74, 6) is -0.0872. The van der Waals surface area contributed by atoms with Gasteiger partial charge in [-0.15, -0.1) is 0 Å². The molecule has 0 spiro atoms. The maximum Gasteiger partial charge on any atom is 0.342 e. The predicted molar refractivity (Wildman–Crippen MR) is 122 cm³/mol. The van der Waals surface area contributed by atoms with Crippen molar-refractivity contribution < 1.29 is 23.8 Å². The summed E-state index contributed by atoms with van der Waals surface area (Å²) < 4.78 is 16.5. The molecule has 1 aromatic heterocycles. The Bertz CT molecular complexity index is 986. The Labute approximate surface area is 188 Å². The van der Waals surface area contributed by atoms with Crippen LogP contribution in [0.15, 0.2) is 18.2 Å². The molecular weight excluding hydrogens is 412 g/mol. The molecule has 0 bridgehead atoms. The van der Waals surface area contributed by atoms with Crippen molar-refractivity contribution in [3.63, 3.8) is 0 Å². The van der Waals surface area contributed by atoms with Crippen LogP contribution in [0.5, 0.6) is 5.75 Å². The minimum atomic E-state index is -0.623. The first kappa shape index (κ1) is 23.7. The van der Waals surface area contributed by atoms with E-state index in [-0.39, 0.29) is 30.4 Å². The number of aryl methyl sites for hydroxylation is 1. The summed E-state index contributed by atoms with van der Waals surface area (Å²) in [5, 5.41) is 3.58. The molecule has 0 saturated carbocycles. The fourth-order valence-corrected chi connectivity index (χ4v) is 3.69. The SMILES string of the molecule is CCOC(=O)c1c(C)nc2cccc(OCC(C)(C)NC(=O)CN3CCOCC3)c2c1N. The number of rotatable bonds is 8. The molecule has 2 aromatic rings. The topological polar surface area (TPSA) is 116 Å². The molecular formula is C23H32N4O5. The van der Waals surface area contributed by atoms with E-state index >= 15 is 0 Å². The lowest BCUT2D eigenvalue weighted by molar-refractivity contribution is -0.125. The molecule has 1 aromatic carbocycles. The number of ether oxygens (including phenoxy) is 3. The van der Waals surface area contributed by atoms with Crippen LogP contribution >= 0.6 is 0 Å². The molecule has 2 heterocycles. The summed E-state index contributed by atoms with van der Waals surface area (Å²) in [6.07, 6.45) is 0. The number of nitrogens with two attached hydrogens (primary N) is 1. The summed E-state index contributed by atoms with van der Waals surface area (Å²) in [4.78, 5) is 31.5. The van der Waals surface area contributed by atoms with Crippen molar-refractivity contribution in [2.45, 2.75) is 33.2 Å². The van der Waals surface area contributed by atoms with E-state index < -0.39 is 11.5 Å². The second kappa shape index (κ2) is 10.1. The van der Waals surface area contributed by atoms with E-state index in [1.54, 1.807) is 19.9 Å². The van der Waals surface area contributed by atoms with Gasteiger partial charge in [-0.25, -0.2) is 4.79 Å². The summed E-state index contributed by atoms with van der Waals surface area (Å²) in [6.45, 7) is 10.8. The molecule has 32 heavy (non-hydrogen) atoms. The van der Waals surface area contributed by atoms with Gasteiger partial charge >= 0.3 is 5.97 Å². The monoisotopic (exact) mass is 444 g/mol. The van der Waals surface area contributed by atoms with Crippen LogP contribution in [0.1, 0.15) is 36.8 Å². The molecule has 0 unspecified atom stereocenters. The van der Waals surface area contributed by atoms with Crippen molar-refractivity contribution in [3.8, 4) is 5.75 Å². The molecule has 0 atom stereocenters. The van der Waals surface area contributed by atoms with Crippen LogP contribution in [0.25, 0.3) is 10.9 Å². The minimum absolute atomic E-state index is 0.0696. The lowest BCUT2D eigenvalue weighted by Crippen LogP contribution is -2.52. The molecule has 1 fully saturated rings. The molecule has 1 saturated heterocycles. The number of nitrogens with one attached hydrogen (secondary N) is 1. The number of hydrogen-bond donors (Lipinski definition) is 2. The zero-order valence-electron chi connectivity index (χ0n) is 19.2. The number of pyridine rings is 1. The van der Waals surface area contributed by atoms with Gasteiger partial charge in [-0.2, -0.15) is 0 Å². The van der Waals surface area contributed by atoms with Gasteiger partial charge in [-0.1, -0.05) is 6.07 Å². The second-order valence-electron chi connectivity index (χ2n) is 8.47. The third kappa shape index (κ3) is 5.66. The highest BCUT2D eigenvalue weighted by Crippen LogP contribution is 2.34. The standard InChI is InChI=1S/C23H32N4O5/c1-5-31-22(29)19-15(2)25-16-7-6-8-17(20(16)21(19)24)32-14-23(3,4)26-18(28)13-27-9-11-30-12-10-27/h6-8H,5,9-14H2,1-4H3,(H2,24,25)(H,26,28). The summed E-state index contributed by atoms with van der Waals surface area (Å²) in [5.41, 5.74) is 7.39. The number of anilines is 1. The number of aromatic nitrogens is 1. The van der Waals surface area contributed by atoms with E-state index in [0.717, 1.165) is 13.1 Å². The van der Waals surface area contributed by atoms with Crippen molar-refractivity contribution in [3.05, 3.63) is 29.5 Å². The predicted octanol–water partition coefficient (Wildman–Crippen LogP) is 1.91. The number of hydrogen-bond acceptors (Lipinski definition) is 8. The molecule has 1 aliphatic rings. The normalized spacial score (nSPS) is 14.9. The smallest absolute Gasteiger partial charge is 0.342 e. The van der Waals surface area contributed by atoms with Crippen molar-refractivity contribution in [2.75, 3.05) is 51.8 Å². The van der Waals surface area contributed by atoms with E-state index in [9.17, 15) is 9.59 Å². The van der Waals surface area contributed by atoms with Gasteiger partial charge in [0.2, 0.25) is 5.91 Å². The highest BCUT2D eigenvalue weighted by atomic mass is 16.5. The number of carbonyl (C=O) groups is 2. The average Bonchev–Trinajstić information content (AvgIpc) is 2.72. The largest absolute Gasteiger partial charge is 0.490 e. The molecule has 9 heteroatoms. The number of carbonyl (C=O) groups excluding carboxylic acids is 2. The van der Waals surface area contributed by atoms with Crippen LogP contribution in [0.2, 0.25) is 0 Å². The summed E-state index contributed by atoms with van der Waals surface area (Å²) >= 11 is 0. The number of esters is 1. The highest BCUT2D eigenvalue weighted by molar-refractivity contribution is 6.07. The Morgan fingerprint density at radius 3 is 2.69 bits per heavy atom. The number of nitrogen functional groups attached to an aromatic ring is 1. The van der Waals surface area contributed by atoms with Gasteiger partial charge in [0.15, 0.2) is 0 Å².